The number of halogens is 2. The molecule has 2 heterocycles. The van der Waals surface area contributed by atoms with E-state index in [4.69, 9.17) is 9.47 Å². The quantitative estimate of drug-likeness (QED) is 0.274. The highest BCUT2D eigenvalue weighted by Gasteiger charge is 2.17. The third-order valence-corrected chi connectivity index (χ3v) is 5.86. The maximum Gasteiger partial charge on any atom is 0.378 e. The largest absolute Gasteiger partial charge is 0.460 e. The molecule has 2 rings (SSSR count). The Bertz CT molecular complexity index is 823. The predicted octanol–water partition coefficient (Wildman–Crippen LogP) is 3.27. The van der Waals surface area contributed by atoms with Gasteiger partial charge in [-0.25, -0.2) is 14.3 Å². The van der Waals surface area contributed by atoms with Crippen molar-refractivity contribution < 1.29 is 23.8 Å². The minimum Gasteiger partial charge on any atom is -0.460 e. The number of hydrogen-bond donors (Lipinski definition) is 1. The van der Waals surface area contributed by atoms with Crippen molar-refractivity contribution in [3.05, 3.63) is 21.1 Å². The summed E-state index contributed by atoms with van der Waals surface area (Å²) >= 11 is 6.25. The molecular weight excluding hydrogens is 544 g/mol. The Morgan fingerprint density at radius 2 is 1.63 bits per heavy atom. The van der Waals surface area contributed by atoms with Crippen molar-refractivity contribution >= 4 is 51.9 Å². The number of ether oxygens (including phenoxy) is 3. The van der Waals surface area contributed by atoms with Crippen LogP contribution in [0.4, 0.5) is 0 Å². The van der Waals surface area contributed by atoms with Crippen LogP contribution in [0.5, 0.6) is 0 Å². The Labute approximate surface area is 192 Å². The first-order valence-corrected chi connectivity index (χ1v) is 14.5. The molecule has 168 valence electrons. The molecule has 0 aromatic carbocycles. The van der Waals surface area contributed by atoms with E-state index in [0.29, 0.717) is 29.3 Å². The van der Waals surface area contributed by atoms with E-state index in [9.17, 15) is 9.59 Å². The molecule has 0 radical (unpaired) electrons. The average molecular weight is 570 g/mol. The second-order valence-electron chi connectivity index (χ2n) is 6.94. The molecular formula is C16H26Br2N6O5Si. The zero-order chi connectivity index (χ0) is 22.7. The van der Waals surface area contributed by atoms with E-state index in [0.717, 1.165) is 6.04 Å². The van der Waals surface area contributed by atoms with Crippen LogP contribution in [0.2, 0.25) is 25.7 Å². The molecule has 0 aliphatic rings. The Morgan fingerprint density at radius 1 is 1.03 bits per heavy atom. The summed E-state index contributed by atoms with van der Waals surface area (Å²) in [5.41, 5.74) is 0. The molecule has 1 N–H and O–H groups in total. The van der Waals surface area contributed by atoms with Crippen molar-refractivity contribution in [1.29, 1.82) is 0 Å². The number of carbonyl (C=O) groups is 2. The number of rotatable bonds is 9. The Balaban J connectivity index is 0.000000346. The van der Waals surface area contributed by atoms with E-state index >= 15 is 0 Å². The van der Waals surface area contributed by atoms with Crippen LogP contribution >= 0.6 is 31.9 Å². The maximum absolute atomic E-state index is 11.5. The number of esters is 2. The van der Waals surface area contributed by atoms with Gasteiger partial charge in [0.1, 0.15) is 6.73 Å². The van der Waals surface area contributed by atoms with Gasteiger partial charge in [-0.2, -0.15) is 9.97 Å². The molecule has 0 atom stereocenters. The SMILES string of the molecule is CCOC(=O)c1n[nH]c(Br)n1.CCOC(=O)c1nc(Br)n(COCC[Si](C)(C)C)n1. The summed E-state index contributed by atoms with van der Waals surface area (Å²) in [6.07, 6.45) is 0. The standard InChI is InChI=1S/C11H20BrN3O3Si.C5H6BrN3O2/c1-5-18-10(16)9-13-11(12)15(14-9)8-17-6-7-19(2,3)4;1-2-11-4(10)3-7-5(6)9-8-3/h5-8H2,1-4H3;2H2,1H3,(H,7,8,9). The van der Waals surface area contributed by atoms with Gasteiger partial charge in [0, 0.05) is 14.7 Å². The second kappa shape index (κ2) is 12.9. The van der Waals surface area contributed by atoms with Gasteiger partial charge in [0.05, 0.1) is 13.2 Å². The number of carbonyl (C=O) groups excluding carboxylic acids is 2. The lowest BCUT2D eigenvalue weighted by molar-refractivity contribution is 0.0498. The molecule has 0 unspecified atom stereocenters. The van der Waals surface area contributed by atoms with Gasteiger partial charge in [-0.1, -0.05) is 19.6 Å². The average Bonchev–Trinajstić information content (AvgIpc) is 3.25. The van der Waals surface area contributed by atoms with Crippen LogP contribution in [0.15, 0.2) is 9.47 Å². The molecule has 0 amide bonds. The summed E-state index contributed by atoms with van der Waals surface area (Å²) in [5.74, 6) is -0.959. The molecule has 0 spiro atoms. The zero-order valence-corrected chi connectivity index (χ0v) is 21.7. The Morgan fingerprint density at radius 3 is 2.13 bits per heavy atom. The summed E-state index contributed by atoms with van der Waals surface area (Å²) < 4.78 is 17.4. The first-order chi connectivity index (χ1) is 14.1. The first-order valence-electron chi connectivity index (χ1n) is 9.17. The highest BCUT2D eigenvalue weighted by molar-refractivity contribution is 9.10. The van der Waals surface area contributed by atoms with Crippen molar-refractivity contribution in [3.8, 4) is 0 Å². The fourth-order valence-electron chi connectivity index (χ4n) is 1.75. The predicted molar refractivity (Wildman–Crippen MR) is 118 cm³/mol. The minimum absolute atomic E-state index is 0.0405. The van der Waals surface area contributed by atoms with Gasteiger partial charge in [-0.3, -0.25) is 5.10 Å². The number of hydrogen-bond acceptors (Lipinski definition) is 9. The van der Waals surface area contributed by atoms with E-state index in [-0.39, 0.29) is 18.4 Å². The fraction of sp³-hybridized carbons (Fsp3) is 0.625. The summed E-state index contributed by atoms with van der Waals surface area (Å²) in [6, 6.07) is 1.09. The van der Waals surface area contributed by atoms with Gasteiger partial charge in [-0.15, -0.1) is 10.2 Å². The minimum atomic E-state index is -1.09. The third kappa shape index (κ3) is 9.91. The van der Waals surface area contributed by atoms with Crippen molar-refractivity contribution in [2.75, 3.05) is 19.8 Å². The topological polar surface area (TPSA) is 134 Å². The molecule has 11 nitrogen and oxygen atoms in total. The van der Waals surface area contributed by atoms with Gasteiger partial charge in [-0.05, 0) is 51.8 Å². The highest BCUT2D eigenvalue weighted by atomic mass is 79.9. The highest BCUT2D eigenvalue weighted by Crippen LogP contribution is 2.10. The van der Waals surface area contributed by atoms with Crippen LogP contribution in [-0.4, -0.2) is 69.8 Å². The monoisotopic (exact) mass is 568 g/mol. The van der Waals surface area contributed by atoms with Gasteiger partial charge in [0.15, 0.2) is 9.47 Å². The van der Waals surface area contributed by atoms with Gasteiger partial charge in [0.2, 0.25) is 0 Å². The molecule has 0 aliphatic heterocycles. The second-order valence-corrected chi connectivity index (χ2v) is 14.0. The molecule has 0 saturated heterocycles. The van der Waals surface area contributed by atoms with E-state index in [2.05, 4.69) is 81.5 Å². The normalized spacial score (nSPS) is 10.9. The number of aromatic amines is 1. The Kier molecular flexibility index (Phi) is 11.4. The number of nitrogens with one attached hydrogen (secondary N) is 1. The van der Waals surface area contributed by atoms with E-state index in [1.165, 1.54) is 4.68 Å². The summed E-state index contributed by atoms with van der Waals surface area (Å²) in [6.45, 7) is 11.9. The molecule has 0 saturated carbocycles. The van der Waals surface area contributed by atoms with Gasteiger partial charge < -0.3 is 14.2 Å². The van der Waals surface area contributed by atoms with Gasteiger partial charge >= 0.3 is 11.9 Å². The van der Waals surface area contributed by atoms with Crippen LogP contribution in [0.25, 0.3) is 0 Å². The van der Waals surface area contributed by atoms with Crippen LogP contribution in [0.3, 0.4) is 0 Å². The summed E-state index contributed by atoms with van der Waals surface area (Å²) in [4.78, 5) is 30.0. The van der Waals surface area contributed by atoms with Crippen molar-refractivity contribution in [2.45, 2.75) is 46.3 Å². The lowest BCUT2D eigenvalue weighted by Gasteiger charge is -2.15. The lowest BCUT2D eigenvalue weighted by atomic mass is 10.6. The molecule has 0 aliphatic carbocycles. The number of H-pyrrole nitrogens is 1. The Hall–Kier alpha value is -1.64. The number of aromatic nitrogens is 6. The zero-order valence-electron chi connectivity index (χ0n) is 17.6. The maximum atomic E-state index is 11.5. The molecule has 30 heavy (non-hydrogen) atoms. The van der Waals surface area contributed by atoms with Crippen LogP contribution in [0.1, 0.15) is 35.1 Å². The third-order valence-electron chi connectivity index (χ3n) is 3.21. The van der Waals surface area contributed by atoms with E-state index in [1.54, 1.807) is 13.8 Å². The van der Waals surface area contributed by atoms with E-state index < -0.39 is 20.0 Å². The lowest BCUT2D eigenvalue weighted by Crippen LogP contribution is -2.22. The van der Waals surface area contributed by atoms with Crippen molar-refractivity contribution in [3.63, 3.8) is 0 Å². The summed E-state index contributed by atoms with van der Waals surface area (Å²) in [5, 5.41) is 10.1. The molecule has 0 fully saturated rings. The van der Waals surface area contributed by atoms with Crippen LogP contribution in [0, 0.1) is 0 Å². The van der Waals surface area contributed by atoms with Crippen LogP contribution < -0.4 is 0 Å². The van der Waals surface area contributed by atoms with Crippen molar-refractivity contribution in [2.24, 2.45) is 0 Å². The number of nitrogens with zero attached hydrogens (tertiary/aromatic N) is 5. The molecule has 0 bridgehead atoms. The summed E-state index contributed by atoms with van der Waals surface area (Å²) in [7, 11) is -1.09. The van der Waals surface area contributed by atoms with E-state index in [1.807, 2.05) is 0 Å². The fourth-order valence-corrected chi connectivity index (χ4v) is 3.11. The molecule has 14 heteroatoms. The first kappa shape index (κ1) is 26.4. The van der Waals surface area contributed by atoms with Crippen molar-refractivity contribution in [1.82, 2.24) is 29.9 Å². The van der Waals surface area contributed by atoms with Crippen LogP contribution in [-0.2, 0) is 20.9 Å². The van der Waals surface area contributed by atoms with Gasteiger partial charge in [0.25, 0.3) is 11.6 Å². The molecule has 2 aromatic heterocycles. The molecule has 2 aromatic rings. The smallest absolute Gasteiger partial charge is 0.378 e.